The van der Waals surface area contributed by atoms with E-state index in [9.17, 15) is 4.79 Å². The van der Waals surface area contributed by atoms with Gasteiger partial charge >= 0.3 is 0 Å². The molecule has 1 aliphatic rings. The van der Waals surface area contributed by atoms with Crippen LogP contribution in [0.3, 0.4) is 0 Å². The van der Waals surface area contributed by atoms with Crippen molar-refractivity contribution in [3.63, 3.8) is 0 Å². The molecule has 1 N–H and O–H groups in total. The van der Waals surface area contributed by atoms with Gasteiger partial charge in [0.15, 0.2) is 6.10 Å². The molecule has 0 aromatic heterocycles. The minimum absolute atomic E-state index is 0.0612. The summed E-state index contributed by atoms with van der Waals surface area (Å²) in [6, 6.07) is 6.04. The fourth-order valence-electron chi connectivity index (χ4n) is 2.44. The van der Waals surface area contributed by atoms with Crippen LogP contribution in [-0.2, 0) is 9.53 Å². The molecule has 21 heavy (non-hydrogen) atoms. The van der Waals surface area contributed by atoms with E-state index in [1.54, 1.807) is 0 Å². The van der Waals surface area contributed by atoms with Gasteiger partial charge in [-0.3, -0.25) is 4.79 Å². The summed E-state index contributed by atoms with van der Waals surface area (Å²) in [5.41, 5.74) is 2.18. The summed E-state index contributed by atoms with van der Waals surface area (Å²) in [6.45, 7) is 7.35. The zero-order valence-electron chi connectivity index (χ0n) is 13.1. The van der Waals surface area contributed by atoms with Crippen LogP contribution in [0.15, 0.2) is 18.2 Å². The number of nitrogens with one attached hydrogen (secondary N) is 1. The number of aryl methyl sites for hydroxylation is 2. The highest BCUT2D eigenvalue weighted by atomic mass is 16.5. The van der Waals surface area contributed by atoms with Crippen molar-refractivity contribution in [3.8, 4) is 5.75 Å². The normalized spacial score (nSPS) is 19.3. The molecule has 0 radical (unpaired) electrons. The second-order valence-electron chi connectivity index (χ2n) is 5.66. The van der Waals surface area contributed by atoms with E-state index in [-0.39, 0.29) is 12.0 Å². The highest BCUT2D eigenvalue weighted by Gasteiger charge is 2.22. The Balaban J connectivity index is 1.91. The fourth-order valence-corrected chi connectivity index (χ4v) is 2.44. The van der Waals surface area contributed by atoms with Crippen LogP contribution < -0.4 is 10.1 Å². The van der Waals surface area contributed by atoms with Gasteiger partial charge in [-0.05, 0) is 50.3 Å². The van der Waals surface area contributed by atoms with Crippen LogP contribution in [0.25, 0.3) is 0 Å². The molecule has 116 valence electrons. The van der Waals surface area contributed by atoms with E-state index < -0.39 is 6.10 Å². The molecule has 4 nitrogen and oxygen atoms in total. The molecule has 0 aliphatic carbocycles. The van der Waals surface area contributed by atoms with Gasteiger partial charge in [0, 0.05) is 13.2 Å². The van der Waals surface area contributed by atoms with E-state index in [1.165, 1.54) is 0 Å². The van der Waals surface area contributed by atoms with Gasteiger partial charge in [-0.15, -0.1) is 0 Å². The first-order chi connectivity index (χ1) is 10.1. The number of hydrogen-bond donors (Lipinski definition) is 1. The van der Waals surface area contributed by atoms with Crippen molar-refractivity contribution in [1.82, 2.24) is 5.32 Å². The second kappa shape index (κ2) is 7.46. The quantitative estimate of drug-likeness (QED) is 0.876. The maximum Gasteiger partial charge on any atom is 0.261 e. The minimum Gasteiger partial charge on any atom is -0.480 e. The summed E-state index contributed by atoms with van der Waals surface area (Å²) < 4.78 is 11.4. The van der Waals surface area contributed by atoms with Crippen LogP contribution in [0.1, 0.15) is 37.3 Å². The van der Waals surface area contributed by atoms with E-state index in [0.29, 0.717) is 13.0 Å². The van der Waals surface area contributed by atoms with Crippen LogP contribution in [-0.4, -0.2) is 31.3 Å². The van der Waals surface area contributed by atoms with Gasteiger partial charge in [0.2, 0.25) is 0 Å². The SMILES string of the molecule is CC[C@H](Oc1cc(C)ccc1C)C(=O)NC[C@@H]1CCCO1. The Bertz CT molecular complexity index is 481. The highest BCUT2D eigenvalue weighted by molar-refractivity contribution is 5.81. The molecule has 1 aliphatic heterocycles. The fraction of sp³-hybridized carbons (Fsp3) is 0.588. The highest BCUT2D eigenvalue weighted by Crippen LogP contribution is 2.21. The molecule has 0 bridgehead atoms. The van der Waals surface area contributed by atoms with E-state index in [2.05, 4.69) is 5.32 Å². The summed E-state index contributed by atoms with van der Waals surface area (Å²) in [7, 11) is 0. The number of benzene rings is 1. The molecule has 0 spiro atoms. The zero-order valence-corrected chi connectivity index (χ0v) is 13.1. The Hall–Kier alpha value is -1.55. The van der Waals surface area contributed by atoms with E-state index in [0.717, 1.165) is 36.3 Å². The average Bonchev–Trinajstić information content (AvgIpc) is 2.99. The monoisotopic (exact) mass is 291 g/mol. The molecule has 1 amide bonds. The number of carbonyl (C=O) groups excluding carboxylic acids is 1. The molecule has 1 heterocycles. The third-order valence-electron chi connectivity index (χ3n) is 3.80. The molecule has 0 unspecified atom stereocenters. The van der Waals surface area contributed by atoms with Crippen LogP contribution in [0.5, 0.6) is 5.75 Å². The zero-order chi connectivity index (χ0) is 15.2. The van der Waals surface area contributed by atoms with Crippen molar-refractivity contribution in [1.29, 1.82) is 0 Å². The van der Waals surface area contributed by atoms with E-state index in [1.807, 2.05) is 39.0 Å². The third kappa shape index (κ3) is 4.46. The second-order valence-corrected chi connectivity index (χ2v) is 5.66. The molecule has 1 aromatic carbocycles. The lowest BCUT2D eigenvalue weighted by molar-refractivity contribution is -0.128. The topological polar surface area (TPSA) is 47.6 Å². The van der Waals surface area contributed by atoms with Crippen molar-refractivity contribution in [2.75, 3.05) is 13.2 Å². The first-order valence-electron chi connectivity index (χ1n) is 7.73. The summed E-state index contributed by atoms with van der Waals surface area (Å²) in [5, 5.41) is 2.94. The lowest BCUT2D eigenvalue weighted by Crippen LogP contribution is -2.41. The summed E-state index contributed by atoms with van der Waals surface area (Å²) in [5.74, 6) is 0.725. The molecule has 4 heteroatoms. The Labute approximate surface area is 126 Å². The van der Waals surface area contributed by atoms with Crippen molar-refractivity contribution < 1.29 is 14.3 Å². The van der Waals surface area contributed by atoms with Crippen LogP contribution >= 0.6 is 0 Å². The first-order valence-corrected chi connectivity index (χ1v) is 7.73. The minimum atomic E-state index is -0.452. The van der Waals surface area contributed by atoms with Gasteiger partial charge in [0.05, 0.1) is 6.10 Å². The van der Waals surface area contributed by atoms with Crippen LogP contribution in [0.4, 0.5) is 0 Å². The maximum absolute atomic E-state index is 12.2. The van der Waals surface area contributed by atoms with Crippen molar-refractivity contribution in [3.05, 3.63) is 29.3 Å². The predicted molar refractivity (Wildman–Crippen MR) is 82.6 cm³/mol. The Kier molecular flexibility index (Phi) is 5.62. The van der Waals surface area contributed by atoms with Gasteiger partial charge in [0.25, 0.3) is 5.91 Å². The van der Waals surface area contributed by atoms with Crippen molar-refractivity contribution >= 4 is 5.91 Å². The third-order valence-corrected chi connectivity index (χ3v) is 3.80. The Morgan fingerprint density at radius 3 is 2.95 bits per heavy atom. The molecule has 1 aromatic rings. The molecular weight excluding hydrogens is 266 g/mol. The standard InChI is InChI=1S/C17H25NO3/c1-4-15(17(19)18-11-14-6-5-9-20-14)21-16-10-12(2)7-8-13(16)3/h7-8,10,14-15H,4-6,9,11H2,1-3H3,(H,18,19)/t14-,15-/m0/s1. The van der Waals surface area contributed by atoms with Gasteiger partial charge in [-0.25, -0.2) is 0 Å². The number of carbonyl (C=O) groups is 1. The predicted octanol–water partition coefficient (Wildman–Crippen LogP) is 2.76. The molecular formula is C17H25NO3. The Morgan fingerprint density at radius 1 is 1.48 bits per heavy atom. The largest absolute Gasteiger partial charge is 0.480 e. The summed E-state index contributed by atoms with van der Waals surface area (Å²) in [4.78, 5) is 12.2. The number of rotatable bonds is 6. The number of amides is 1. The smallest absolute Gasteiger partial charge is 0.261 e. The lowest BCUT2D eigenvalue weighted by atomic mass is 10.1. The lowest BCUT2D eigenvalue weighted by Gasteiger charge is -2.20. The van der Waals surface area contributed by atoms with Crippen molar-refractivity contribution in [2.45, 2.75) is 52.2 Å². The molecule has 1 saturated heterocycles. The van der Waals surface area contributed by atoms with E-state index >= 15 is 0 Å². The van der Waals surface area contributed by atoms with Gasteiger partial charge in [-0.2, -0.15) is 0 Å². The van der Waals surface area contributed by atoms with E-state index in [4.69, 9.17) is 9.47 Å². The molecule has 2 rings (SSSR count). The maximum atomic E-state index is 12.2. The van der Waals surface area contributed by atoms with Crippen LogP contribution in [0, 0.1) is 13.8 Å². The molecule has 1 fully saturated rings. The van der Waals surface area contributed by atoms with Gasteiger partial charge < -0.3 is 14.8 Å². The van der Waals surface area contributed by atoms with Gasteiger partial charge in [0.1, 0.15) is 5.75 Å². The van der Waals surface area contributed by atoms with Gasteiger partial charge in [-0.1, -0.05) is 19.1 Å². The Morgan fingerprint density at radius 2 is 2.29 bits per heavy atom. The first kappa shape index (κ1) is 15.8. The number of ether oxygens (including phenoxy) is 2. The summed E-state index contributed by atoms with van der Waals surface area (Å²) >= 11 is 0. The number of hydrogen-bond acceptors (Lipinski definition) is 3. The van der Waals surface area contributed by atoms with Crippen molar-refractivity contribution in [2.24, 2.45) is 0 Å². The summed E-state index contributed by atoms with van der Waals surface area (Å²) in [6.07, 6.45) is 2.45. The molecule has 0 saturated carbocycles. The average molecular weight is 291 g/mol. The van der Waals surface area contributed by atoms with Crippen LogP contribution in [0.2, 0.25) is 0 Å². The molecule has 2 atom stereocenters.